The van der Waals surface area contributed by atoms with Crippen LogP contribution in [0.5, 0.6) is 0 Å². The maximum Gasteiger partial charge on any atom is 0.264 e. The highest BCUT2D eigenvalue weighted by molar-refractivity contribution is 7.92. The lowest BCUT2D eigenvalue weighted by Gasteiger charge is -2.32. The Labute approximate surface area is 246 Å². The van der Waals surface area contributed by atoms with E-state index in [2.05, 4.69) is 5.32 Å². The second kappa shape index (κ2) is 13.1. The second-order valence-corrected chi connectivity index (χ2v) is 12.8. The summed E-state index contributed by atoms with van der Waals surface area (Å²) in [6.45, 7) is 3.05. The van der Waals surface area contributed by atoms with E-state index < -0.39 is 28.5 Å². The summed E-state index contributed by atoms with van der Waals surface area (Å²) >= 11 is 12.4. The van der Waals surface area contributed by atoms with E-state index in [1.807, 2.05) is 6.92 Å². The molecular weight excluding hydrogens is 569 g/mol. The Hall–Kier alpha value is -3.07. The molecule has 0 aromatic heterocycles. The summed E-state index contributed by atoms with van der Waals surface area (Å²) in [5.74, 6) is -0.801. The molecule has 0 heterocycles. The van der Waals surface area contributed by atoms with Crippen molar-refractivity contribution in [3.8, 4) is 0 Å². The Bertz CT molecular complexity index is 1440. The predicted molar refractivity (Wildman–Crippen MR) is 159 cm³/mol. The van der Waals surface area contributed by atoms with Crippen LogP contribution >= 0.6 is 23.2 Å². The molecule has 4 rings (SSSR count). The Morgan fingerprint density at radius 2 is 1.62 bits per heavy atom. The number of anilines is 1. The molecule has 1 saturated carbocycles. The number of hydrogen-bond donors (Lipinski definition) is 1. The van der Waals surface area contributed by atoms with Crippen molar-refractivity contribution in [1.29, 1.82) is 0 Å². The van der Waals surface area contributed by atoms with Crippen molar-refractivity contribution < 1.29 is 18.0 Å². The summed E-state index contributed by atoms with van der Waals surface area (Å²) in [4.78, 5) is 28.7. The Morgan fingerprint density at radius 3 is 2.25 bits per heavy atom. The molecule has 212 valence electrons. The normalized spacial score (nSPS) is 14.5. The van der Waals surface area contributed by atoms with E-state index in [0.29, 0.717) is 10.0 Å². The highest BCUT2D eigenvalue weighted by atomic mass is 35.5. The van der Waals surface area contributed by atoms with Crippen LogP contribution in [0.15, 0.2) is 77.7 Å². The lowest BCUT2D eigenvalue weighted by molar-refractivity contribution is -0.139. The van der Waals surface area contributed by atoms with E-state index in [4.69, 9.17) is 23.2 Å². The number of carbonyl (C=O) groups is 2. The van der Waals surface area contributed by atoms with Crippen molar-refractivity contribution in [2.75, 3.05) is 10.8 Å². The summed E-state index contributed by atoms with van der Waals surface area (Å²) in [5.41, 5.74) is 1.78. The quantitative estimate of drug-likeness (QED) is 0.310. The van der Waals surface area contributed by atoms with E-state index in [1.54, 1.807) is 61.5 Å². The van der Waals surface area contributed by atoms with Gasteiger partial charge in [-0.1, -0.05) is 72.4 Å². The fourth-order valence-electron chi connectivity index (χ4n) is 4.75. The number of halogens is 2. The molecule has 40 heavy (non-hydrogen) atoms. The van der Waals surface area contributed by atoms with Gasteiger partial charge in [0.05, 0.1) is 10.6 Å². The smallest absolute Gasteiger partial charge is 0.264 e. The van der Waals surface area contributed by atoms with Crippen LogP contribution in [-0.4, -0.2) is 43.8 Å². The van der Waals surface area contributed by atoms with Gasteiger partial charge in [-0.2, -0.15) is 0 Å². The minimum Gasteiger partial charge on any atom is -0.352 e. The Morgan fingerprint density at radius 1 is 0.975 bits per heavy atom. The highest BCUT2D eigenvalue weighted by Gasteiger charge is 2.33. The average molecular weight is 603 g/mol. The number of amides is 2. The van der Waals surface area contributed by atoms with Crippen LogP contribution in [0.2, 0.25) is 10.0 Å². The molecule has 3 aromatic carbocycles. The van der Waals surface area contributed by atoms with Crippen molar-refractivity contribution >= 4 is 50.7 Å². The SMILES string of the molecule is Cc1ccc(N(CC(=O)N(Cc2ccc(Cl)cc2)C(C)C(=O)NC2CCCC2)S(=O)(=O)c2ccccc2)cc1Cl. The van der Waals surface area contributed by atoms with Gasteiger partial charge in [-0.05, 0) is 74.2 Å². The number of hydrogen-bond acceptors (Lipinski definition) is 4. The van der Waals surface area contributed by atoms with Gasteiger partial charge < -0.3 is 10.2 Å². The van der Waals surface area contributed by atoms with Crippen molar-refractivity contribution in [2.45, 2.75) is 63.1 Å². The van der Waals surface area contributed by atoms with Gasteiger partial charge in [0.15, 0.2) is 0 Å². The van der Waals surface area contributed by atoms with Gasteiger partial charge in [-0.15, -0.1) is 0 Å². The largest absolute Gasteiger partial charge is 0.352 e. The molecule has 1 aliphatic rings. The van der Waals surface area contributed by atoms with Crippen LogP contribution in [0.1, 0.15) is 43.7 Å². The molecule has 0 spiro atoms. The summed E-state index contributed by atoms with van der Waals surface area (Å²) in [5, 5.41) is 3.98. The summed E-state index contributed by atoms with van der Waals surface area (Å²) in [7, 11) is -4.15. The Balaban J connectivity index is 1.69. The van der Waals surface area contributed by atoms with Crippen LogP contribution in [0.3, 0.4) is 0 Å². The van der Waals surface area contributed by atoms with Crippen LogP contribution in [0.4, 0.5) is 5.69 Å². The molecule has 10 heteroatoms. The van der Waals surface area contributed by atoms with E-state index in [0.717, 1.165) is 41.1 Å². The zero-order valence-electron chi connectivity index (χ0n) is 22.5. The molecule has 0 aliphatic heterocycles. The molecule has 7 nitrogen and oxygen atoms in total. The van der Waals surface area contributed by atoms with Gasteiger partial charge in [-0.25, -0.2) is 8.42 Å². The molecule has 1 unspecified atom stereocenters. The topological polar surface area (TPSA) is 86.8 Å². The molecule has 1 fully saturated rings. The standard InChI is InChI=1S/C30H33Cl2N3O4S/c1-21-12-17-26(18-28(21)32)35(40(38,39)27-10-4-3-5-11-27)20-29(36)34(19-23-13-15-24(31)16-14-23)22(2)30(37)33-25-8-6-7-9-25/h3-5,10-18,22,25H,6-9,19-20H2,1-2H3,(H,33,37). The van der Waals surface area contributed by atoms with Crippen LogP contribution in [-0.2, 0) is 26.2 Å². The first-order valence-corrected chi connectivity index (χ1v) is 15.4. The number of rotatable bonds is 10. The fraction of sp³-hybridized carbons (Fsp3) is 0.333. The summed E-state index contributed by atoms with van der Waals surface area (Å²) < 4.78 is 28.7. The van der Waals surface area contributed by atoms with Gasteiger partial charge in [0.1, 0.15) is 12.6 Å². The number of aryl methyl sites for hydroxylation is 1. The number of benzene rings is 3. The van der Waals surface area contributed by atoms with E-state index >= 15 is 0 Å². The van der Waals surface area contributed by atoms with Gasteiger partial charge in [0.25, 0.3) is 10.0 Å². The first-order valence-electron chi connectivity index (χ1n) is 13.2. The van der Waals surface area contributed by atoms with Gasteiger partial charge in [-0.3, -0.25) is 13.9 Å². The molecule has 1 atom stereocenters. The minimum atomic E-state index is -4.15. The van der Waals surface area contributed by atoms with Gasteiger partial charge in [0.2, 0.25) is 11.8 Å². The fourth-order valence-corrected chi connectivity index (χ4v) is 6.47. The summed E-state index contributed by atoms with van der Waals surface area (Å²) in [6.07, 6.45) is 3.91. The maximum atomic E-state index is 14.0. The van der Waals surface area contributed by atoms with E-state index in [-0.39, 0.29) is 29.1 Å². The monoisotopic (exact) mass is 601 g/mol. The number of carbonyl (C=O) groups excluding carboxylic acids is 2. The van der Waals surface area contributed by atoms with Crippen molar-refractivity contribution in [2.24, 2.45) is 0 Å². The third-order valence-corrected chi connectivity index (χ3v) is 9.64. The molecular formula is C30H33Cl2N3O4S. The van der Waals surface area contributed by atoms with E-state index in [9.17, 15) is 18.0 Å². The van der Waals surface area contributed by atoms with Gasteiger partial charge in [0, 0.05) is 22.6 Å². The first-order chi connectivity index (χ1) is 19.1. The Kier molecular flexibility index (Phi) is 9.77. The van der Waals surface area contributed by atoms with Crippen LogP contribution in [0.25, 0.3) is 0 Å². The molecule has 0 radical (unpaired) electrons. The lowest BCUT2D eigenvalue weighted by atomic mass is 10.1. The van der Waals surface area contributed by atoms with Crippen molar-refractivity contribution in [3.63, 3.8) is 0 Å². The molecule has 0 saturated heterocycles. The third-order valence-electron chi connectivity index (χ3n) is 7.19. The number of nitrogens with zero attached hydrogens (tertiary/aromatic N) is 2. The first kappa shape index (κ1) is 29.9. The highest BCUT2D eigenvalue weighted by Crippen LogP contribution is 2.29. The van der Waals surface area contributed by atoms with Crippen LogP contribution < -0.4 is 9.62 Å². The predicted octanol–water partition coefficient (Wildman–Crippen LogP) is 5.97. The molecule has 3 aromatic rings. The summed E-state index contributed by atoms with van der Waals surface area (Å²) in [6, 6.07) is 19.0. The minimum absolute atomic E-state index is 0.0378. The zero-order valence-corrected chi connectivity index (χ0v) is 24.8. The maximum absolute atomic E-state index is 14.0. The number of nitrogens with one attached hydrogen (secondary N) is 1. The van der Waals surface area contributed by atoms with Crippen molar-refractivity contribution in [1.82, 2.24) is 10.2 Å². The number of sulfonamides is 1. The average Bonchev–Trinajstić information content (AvgIpc) is 3.46. The van der Waals surface area contributed by atoms with Crippen LogP contribution in [0, 0.1) is 6.92 Å². The second-order valence-electron chi connectivity index (χ2n) is 10.1. The third kappa shape index (κ3) is 7.16. The molecule has 0 bridgehead atoms. The van der Waals surface area contributed by atoms with Gasteiger partial charge >= 0.3 is 0 Å². The zero-order chi connectivity index (χ0) is 28.9. The molecule has 1 N–H and O–H groups in total. The molecule has 2 amide bonds. The lowest BCUT2D eigenvalue weighted by Crippen LogP contribution is -2.52. The molecule has 1 aliphatic carbocycles. The van der Waals surface area contributed by atoms with Crippen molar-refractivity contribution in [3.05, 3.63) is 94.0 Å². The van der Waals surface area contributed by atoms with E-state index in [1.165, 1.54) is 23.1 Å².